The van der Waals surface area contributed by atoms with Crippen LogP contribution >= 0.6 is 34.3 Å². The largest absolute Gasteiger partial charge is 0.346 e. The SMILES string of the molecule is Cc1cn(-c2ccc3sc(Cl)cc3c2)c(=NC(=O)N2CC[C@@H](F)C2)s1. The highest BCUT2D eigenvalue weighted by atomic mass is 35.5. The van der Waals surface area contributed by atoms with Crippen LogP contribution in [-0.4, -0.2) is 34.8 Å². The van der Waals surface area contributed by atoms with E-state index in [1.807, 2.05) is 42.0 Å². The summed E-state index contributed by atoms with van der Waals surface area (Å²) in [7, 11) is 0. The summed E-state index contributed by atoms with van der Waals surface area (Å²) in [5.74, 6) is 0. The second-order valence-corrected chi connectivity index (χ2v) is 8.92. The molecule has 2 aromatic heterocycles. The number of likely N-dealkylation sites (tertiary alicyclic amines) is 1. The van der Waals surface area contributed by atoms with Crippen molar-refractivity contribution >= 4 is 50.4 Å². The third-order valence-electron chi connectivity index (χ3n) is 4.11. The Morgan fingerprint density at radius 2 is 2.20 bits per heavy atom. The van der Waals surface area contributed by atoms with E-state index in [4.69, 9.17) is 11.6 Å². The summed E-state index contributed by atoms with van der Waals surface area (Å²) >= 11 is 9.06. The molecule has 1 aliphatic rings. The third kappa shape index (κ3) is 3.36. The van der Waals surface area contributed by atoms with E-state index in [0.717, 1.165) is 25.0 Å². The number of hydrogen-bond acceptors (Lipinski definition) is 3. The van der Waals surface area contributed by atoms with Gasteiger partial charge in [0.25, 0.3) is 0 Å². The summed E-state index contributed by atoms with van der Waals surface area (Å²) in [5, 5.41) is 1.06. The standard InChI is InChI=1S/C17H15ClFN3OS2/c1-10-8-22(13-2-3-14-11(6-13)7-15(18)25-14)17(24-10)20-16(23)21-5-4-12(19)9-21/h2-3,6-8,12H,4-5,9H2,1H3/t12-/m1/s1. The average molecular weight is 396 g/mol. The fourth-order valence-corrected chi connectivity index (χ4v) is 4.87. The lowest BCUT2D eigenvalue weighted by Crippen LogP contribution is -2.28. The highest BCUT2D eigenvalue weighted by Crippen LogP contribution is 2.30. The van der Waals surface area contributed by atoms with Gasteiger partial charge in [-0.1, -0.05) is 11.6 Å². The van der Waals surface area contributed by atoms with E-state index in [1.54, 1.807) is 0 Å². The number of urea groups is 1. The van der Waals surface area contributed by atoms with Gasteiger partial charge < -0.3 is 4.90 Å². The molecule has 3 aromatic rings. The van der Waals surface area contributed by atoms with Crippen LogP contribution in [0.2, 0.25) is 4.34 Å². The Kier molecular flexibility index (Phi) is 4.39. The van der Waals surface area contributed by atoms with Crippen molar-refractivity contribution in [1.82, 2.24) is 9.47 Å². The number of amides is 2. The third-order valence-corrected chi connectivity index (χ3v) is 6.25. The van der Waals surface area contributed by atoms with Crippen LogP contribution in [-0.2, 0) is 0 Å². The van der Waals surface area contributed by atoms with Gasteiger partial charge in [-0.05, 0) is 43.0 Å². The van der Waals surface area contributed by atoms with Crippen molar-refractivity contribution in [3.05, 3.63) is 44.5 Å². The number of aromatic nitrogens is 1. The minimum Gasteiger partial charge on any atom is -0.320 e. The molecule has 130 valence electrons. The van der Waals surface area contributed by atoms with Crippen molar-refractivity contribution < 1.29 is 9.18 Å². The number of carbonyl (C=O) groups excluding carboxylic acids is 1. The molecular weight excluding hydrogens is 381 g/mol. The maximum absolute atomic E-state index is 13.3. The fourth-order valence-electron chi connectivity index (χ4n) is 2.91. The van der Waals surface area contributed by atoms with Gasteiger partial charge in [0.1, 0.15) is 6.17 Å². The number of fused-ring (bicyclic) bond motifs is 1. The lowest BCUT2D eigenvalue weighted by molar-refractivity contribution is 0.213. The van der Waals surface area contributed by atoms with Crippen molar-refractivity contribution in [2.45, 2.75) is 19.5 Å². The van der Waals surface area contributed by atoms with Crippen LogP contribution < -0.4 is 4.80 Å². The first-order valence-electron chi connectivity index (χ1n) is 7.86. The summed E-state index contributed by atoms with van der Waals surface area (Å²) in [4.78, 5) is 19.7. The van der Waals surface area contributed by atoms with Crippen LogP contribution in [0.1, 0.15) is 11.3 Å². The molecule has 1 aromatic carbocycles. The number of alkyl halides is 1. The maximum atomic E-state index is 13.3. The average Bonchev–Trinajstić information content (AvgIpc) is 3.24. The lowest BCUT2D eigenvalue weighted by atomic mass is 10.2. The molecule has 1 fully saturated rings. The van der Waals surface area contributed by atoms with Crippen LogP contribution in [0.25, 0.3) is 15.8 Å². The van der Waals surface area contributed by atoms with Crippen LogP contribution in [0.15, 0.2) is 35.5 Å². The monoisotopic (exact) mass is 395 g/mol. The van der Waals surface area contributed by atoms with Gasteiger partial charge in [0, 0.05) is 28.0 Å². The summed E-state index contributed by atoms with van der Waals surface area (Å²) < 4.78 is 17.1. The number of rotatable bonds is 1. The summed E-state index contributed by atoms with van der Waals surface area (Å²) in [5.41, 5.74) is 0.919. The van der Waals surface area contributed by atoms with Crippen molar-refractivity contribution in [3.63, 3.8) is 0 Å². The predicted molar refractivity (Wildman–Crippen MR) is 101 cm³/mol. The zero-order valence-corrected chi connectivity index (χ0v) is 15.8. The van der Waals surface area contributed by atoms with Crippen LogP contribution in [0.5, 0.6) is 0 Å². The van der Waals surface area contributed by atoms with Gasteiger partial charge in [0.15, 0.2) is 4.80 Å². The molecule has 1 atom stereocenters. The Morgan fingerprint density at radius 1 is 1.36 bits per heavy atom. The number of carbonyl (C=O) groups is 1. The molecule has 1 aliphatic heterocycles. The second-order valence-electron chi connectivity index (χ2n) is 5.99. The zero-order valence-electron chi connectivity index (χ0n) is 13.4. The molecule has 0 bridgehead atoms. The Labute approximate surface area is 156 Å². The van der Waals surface area contributed by atoms with Crippen molar-refractivity contribution in [2.75, 3.05) is 13.1 Å². The van der Waals surface area contributed by atoms with Gasteiger partial charge in [-0.3, -0.25) is 4.57 Å². The number of nitrogens with zero attached hydrogens (tertiary/aromatic N) is 3. The molecule has 8 heteroatoms. The first-order chi connectivity index (χ1) is 12.0. The molecule has 1 saturated heterocycles. The van der Waals surface area contributed by atoms with E-state index in [9.17, 15) is 9.18 Å². The number of hydrogen-bond donors (Lipinski definition) is 0. The molecule has 0 aliphatic carbocycles. The highest BCUT2D eigenvalue weighted by Gasteiger charge is 2.25. The molecule has 0 radical (unpaired) electrons. The van der Waals surface area contributed by atoms with E-state index >= 15 is 0 Å². The predicted octanol–water partition coefficient (Wildman–Crippen LogP) is 4.78. The smallest absolute Gasteiger partial charge is 0.320 e. The molecule has 0 N–H and O–H groups in total. The molecule has 2 amide bonds. The summed E-state index contributed by atoms with van der Waals surface area (Å²) in [6.45, 7) is 2.53. The van der Waals surface area contributed by atoms with Crippen LogP contribution in [0, 0.1) is 6.92 Å². The van der Waals surface area contributed by atoms with E-state index < -0.39 is 6.17 Å². The Balaban J connectivity index is 1.74. The zero-order chi connectivity index (χ0) is 17.6. The first-order valence-corrected chi connectivity index (χ1v) is 9.87. The van der Waals surface area contributed by atoms with Crippen LogP contribution in [0.4, 0.5) is 9.18 Å². The highest BCUT2D eigenvalue weighted by molar-refractivity contribution is 7.22. The minimum atomic E-state index is -0.943. The normalized spacial score (nSPS) is 18.4. The topological polar surface area (TPSA) is 37.6 Å². The first kappa shape index (κ1) is 16.8. The van der Waals surface area contributed by atoms with Crippen molar-refractivity contribution in [2.24, 2.45) is 4.99 Å². The van der Waals surface area contributed by atoms with Gasteiger partial charge in [-0.2, -0.15) is 4.99 Å². The van der Waals surface area contributed by atoms with Gasteiger partial charge in [-0.25, -0.2) is 9.18 Å². The maximum Gasteiger partial charge on any atom is 0.346 e. The van der Waals surface area contributed by atoms with E-state index in [1.165, 1.54) is 27.6 Å². The molecular formula is C17H15ClFN3OS2. The molecule has 25 heavy (non-hydrogen) atoms. The Hall–Kier alpha value is -1.70. The van der Waals surface area contributed by atoms with E-state index in [2.05, 4.69) is 4.99 Å². The lowest BCUT2D eigenvalue weighted by Gasteiger charge is -2.10. The number of thiazole rings is 1. The van der Waals surface area contributed by atoms with Crippen LogP contribution in [0.3, 0.4) is 0 Å². The Morgan fingerprint density at radius 3 is 2.96 bits per heavy atom. The number of thiophene rings is 1. The van der Waals surface area contributed by atoms with E-state index in [0.29, 0.717) is 17.8 Å². The van der Waals surface area contributed by atoms with Crippen molar-refractivity contribution in [1.29, 1.82) is 0 Å². The summed E-state index contributed by atoms with van der Waals surface area (Å²) in [6, 6.07) is 7.58. The summed E-state index contributed by atoms with van der Waals surface area (Å²) in [6.07, 6.45) is 1.40. The van der Waals surface area contributed by atoms with Gasteiger partial charge in [-0.15, -0.1) is 22.7 Å². The minimum absolute atomic E-state index is 0.131. The van der Waals surface area contributed by atoms with Gasteiger partial charge >= 0.3 is 6.03 Å². The second kappa shape index (κ2) is 6.55. The number of aryl methyl sites for hydroxylation is 1. The van der Waals surface area contributed by atoms with E-state index in [-0.39, 0.29) is 12.6 Å². The Bertz CT molecular complexity index is 1020. The van der Waals surface area contributed by atoms with Crippen molar-refractivity contribution in [3.8, 4) is 5.69 Å². The molecule has 4 rings (SSSR count). The molecule has 3 heterocycles. The number of halogens is 2. The fraction of sp³-hybridized carbons (Fsp3) is 0.294. The quantitative estimate of drug-likeness (QED) is 0.584. The molecule has 0 spiro atoms. The molecule has 0 unspecified atom stereocenters. The van der Waals surface area contributed by atoms with Gasteiger partial charge in [0.2, 0.25) is 0 Å². The van der Waals surface area contributed by atoms with Gasteiger partial charge in [0.05, 0.1) is 10.9 Å². The molecule has 0 saturated carbocycles. The number of benzene rings is 1. The molecule has 4 nitrogen and oxygen atoms in total.